The Labute approximate surface area is 171 Å². The van der Waals surface area contributed by atoms with Gasteiger partial charge in [-0.1, -0.05) is 41.9 Å². The maximum atomic E-state index is 13.2. The summed E-state index contributed by atoms with van der Waals surface area (Å²) in [6.07, 6.45) is 1.60. The number of hydrogen-bond acceptors (Lipinski definition) is 4. The highest BCUT2D eigenvalue weighted by molar-refractivity contribution is 6.39. The second-order valence-electron chi connectivity index (χ2n) is 6.27. The molecule has 3 aromatic rings. The zero-order chi connectivity index (χ0) is 20.4. The van der Waals surface area contributed by atoms with E-state index in [1.807, 2.05) is 42.5 Å². The number of amides is 1. The maximum Gasteiger partial charge on any atom is 0.282 e. The number of anilines is 1. The molecule has 0 saturated carbocycles. The monoisotopic (exact) mass is 403 g/mol. The summed E-state index contributed by atoms with van der Waals surface area (Å²) in [4.78, 5) is 29.6. The van der Waals surface area contributed by atoms with E-state index in [1.54, 1.807) is 30.3 Å². The Balaban J connectivity index is 1.80. The van der Waals surface area contributed by atoms with Crippen molar-refractivity contribution >= 4 is 40.8 Å². The summed E-state index contributed by atoms with van der Waals surface area (Å²) in [5, 5.41) is 11.3. The number of carbonyl (C=O) groups is 1. The van der Waals surface area contributed by atoms with Crippen LogP contribution in [-0.4, -0.2) is 16.7 Å². The zero-order valence-electron chi connectivity index (χ0n) is 15.0. The summed E-state index contributed by atoms with van der Waals surface area (Å²) in [5.41, 5.74) is 2.14. The zero-order valence-corrected chi connectivity index (χ0v) is 15.8. The van der Waals surface area contributed by atoms with Gasteiger partial charge in [-0.15, -0.1) is 0 Å². The quantitative estimate of drug-likeness (QED) is 0.346. The summed E-state index contributed by atoms with van der Waals surface area (Å²) in [6.45, 7) is 0. The van der Waals surface area contributed by atoms with Crippen molar-refractivity contribution in [1.82, 2.24) is 0 Å². The third-order valence-corrected chi connectivity index (χ3v) is 4.73. The lowest BCUT2D eigenvalue weighted by atomic mass is 10.1. The molecule has 4 rings (SSSR count). The van der Waals surface area contributed by atoms with Gasteiger partial charge in [0.1, 0.15) is 11.5 Å². The molecule has 0 unspecified atom stereocenters. The third kappa shape index (κ3) is 3.66. The molecule has 1 heterocycles. The molecule has 0 radical (unpaired) electrons. The number of halogens is 1. The van der Waals surface area contributed by atoms with Crippen molar-refractivity contribution < 1.29 is 9.72 Å². The van der Waals surface area contributed by atoms with Gasteiger partial charge < -0.3 is 0 Å². The number of amidine groups is 1. The number of benzene rings is 3. The molecule has 1 aliphatic rings. The molecule has 0 fully saturated rings. The topological polar surface area (TPSA) is 75.8 Å². The standard InChI is InChI=1S/C22H14ClN3O3/c23-19-9-5-4-8-18(19)21-24-20(14-15-10-12-17(13-11-15)26(28)29)22(27)25(21)16-6-2-1-3-7-16/h1-14H/b20-14+. The summed E-state index contributed by atoms with van der Waals surface area (Å²) in [6, 6.07) is 22.3. The van der Waals surface area contributed by atoms with Gasteiger partial charge in [-0.25, -0.2) is 4.99 Å². The van der Waals surface area contributed by atoms with Crippen LogP contribution in [-0.2, 0) is 4.79 Å². The molecule has 142 valence electrons. The number of nitrogens with zero attached hydrogens (tertiary/aromatic N) is 3. The fourth-order valence-corrected chi connectivity index (χ4v) is 3.23. The van der Waals surface area contributed by atoms with Gasteiger partial charge in [-0.3, -0.25) is 19.8 Å². The number of nitro benzene ring substituents is 1. The lowest BCUT2D eigenvalue weighted by molar-refractivity contribution is -0.384. The summed E-state index contributed by atoms with van der Waals surface area (Å²) >= 11 is 6.36. The van der Waals surface area contributed by atoms with E-state index in [4.69, 9.17) is 11.6 Å². The Hall–Kier alpha value is -3.77. The molecule has 0 spiro atoms. The Kier molecular flexibility index (Phi) is 4.93. The van der Waals surface area contributed by atoms with Crippen molar-refractivity contribution in [2.45, 2.75) is 0 Å². The molecule has 1 aliphatic heterocycles. The molecule has 6 nitrogen and oxygen atoms in total. The van der Waals surface area contributed by atoms with E-state index in [0.717, 1.165) is 0 Å². The van der Waals surface area contributed by atoms with Crippen LogP contribution in [0.25, 0.3) is 6.08 Å². The van der Waals surface area contributed by atoms with Crippen LogP contribution >= 0.6 is 11.6 Å². The molecule has 0 saturated heterocycles. The minimum Gasteiger partial charge on any atom is -0.266 e. The molecule has 0 aliphatic carbocycles. The highest BCUT2D eigenvalue weighted by Crippen LogP contribution is 2.30. The molecule has 0 aromatic heterocycles. The average molecular weight is 404 g/mol. The Morgan fingerprint density at radius 1 is 0.931 bits per heavy atom. The van der Waals surface area contributed by atoms with Gasteiger partial charge in [0.2, 0.25) is 0 Å². The van der Waals surface area contributed by atoms with E-state index in [0.29, 0.717) is 27.7 Å². The van der Waals surface area contributed by atoms with Gasteiger partial charge in [-0.05, 0) is 48.0 Å². The second-order valence-corrected chi connectivity index (χ2v) is 6.68. The predicted molar refractivity (Wildman–Crippen MR) is 113 cm³/mol. The molecule has 7 heteroatoms. The van der Waals surface area contributed by atoms with Crippen molar-refractivity contribution in [2.75, 3.05) is 4.90 Å². The van der Waals surface area contributed by atoms with Crippen molar-refractivity contribution in [3.05, 3.63) is 111 Å². The van der Waals surface area contributed by atoms with Crippen LogP contribution in [0.4, 0.5) is 11.4 Å². The third-order valence-electron chi connectivity index (χ3n) is 4.40. The van der Waals surface area contributed by atoms with E-state index >= 15 is 0 Å². The van der Waals surface area contributed by atoms with Crippen LogP contribution < -0.4 is 4.90 Å². The second kappa shape index (κ2) is 7.69. The minimum atomic E-state index is -0.470. The first kappa shape index (κ1) is 18.6. The highest BCUT2D eigenvalue weighted by Gasteiger charge is 2.33. The Morgan fingerprint density at radius 2 is 1.59 bits per heavy atom. The number of para-hydroxylation sites is 1. The van der Waals surface area contributed by atoms with Gasteiger partial charge >= 0.3 is 0 Å². The molecular weight excluding hydrogens is 390 g/mol. The molecule has 1 amide bonds. The molecule has 3 aromatic carbocycles. The smallest absolute Gasteiger partial charge is 0.266 e. The summed E-state index contributed by atoms with van der Waals surface area (Å²) in [7, 11) is 0. The van der Waals surface area contributed by atoms with Gasteiger partial charge in [0.15, 0.2) is 0 Å². The van der Waals surface area contributed by atoms with Crippen LogP contribution in [0.15, 0.2) is 89.6 Å². The fourth-order valence-electron chi connectivity index (χ4n) is 3.01. The number of non-ortho nitro benzene ring substituents is 1. The van der Waals surface area contributed by atoms with Crippen LogP contribution in [0.3, 0.4) is 0 Å². The van der Waals surface area contributed by atoms with E-state index in [-0.39, 0.29) is 17.3 Å². The van der Waals surface area contributed by atoms with E-state index in [1.165, 1.54) is 17.0 Å². The number of carbonyl (C=O) groups excluding carboxylic acids is 1. The molecule has 0 atom stereocenters. The largest absolute Gasteiger partial charge is 0.282 e. The summed E-state index contributed by atoms with van der Waals surface area (Å²) < 4.78 is 0. The van der Waals surface area contributed by atoms with E-state index < -0.39 is 4.92 Å². The molecule has 0 N–H and O–H groups in total. The number of nitro groups is 1. The Bertz CT molecular complexity index is 1160. The van der Waals surface area contributed by atoms with Gasteiger partial charge in [0.25, 0.3) is 11.6 Å². The van der Waals surface area contributed by atoms with Crippen molar-refractivity contribution in [3.8, 4) is 0 Å². The van der Waals surface area contributed by atoms with Crippen LogP contribution in [0, 0.1) is 10.1 Å². The lowest BCUT2D eigenvalue weighted by Crippen LogP contribution is -2.32. The lowest BCUT2D eigenvalue weighted by Gasteiger charge is -2.19. The molecule has 29 heavy (non-hydrogen) atoms. The highest BCUT2D eigenvalue weighted by atomic mass is 35.5. The van der Waals surface area contributed by atoms with Crippen molar-refractivity contribution in [2.24, 2.45) is 4.99 Å². The van der Waals surface area contributed by atoms with Crippen LogP contribution in [0.1, 0.15) is 11.1 Å². The van der Waals surface area contributed by atoms with E-state index in [9.17, 15) is 14.9 Å². The maximum absolute atomic E-state index is 13.2. The Morgan fingerprint density at radius 3 is 2.24 bits per heavy atom. The molecular formula is C22H14ClN3O3. The van der Waals surface area contributed by atoms with Gasteiger partial charge in [0.05, 0.1) is 15.6 Å². The van der Waals surface area contributed by atoms with Crippen molar-refractivity contribution in [1.29, 1.82) is 0 Å². The summed E-state index contributed by atoms with van der Waals surface area (Å²) in [5.74, 6) is 0.129. The van der Waals surface area contributed by atoms with Crippen LogP contribution in [0.2, 0.25) is 5.02 Å². The van der Waals surface area contributed by atoms with Crippen LogP contribution in [0.5, 0.6) is 0 Å². The number of aliphatic imine (C=N–C) groups is 1. The normalized spacial score (nSPS) is 14.9. The van der Waals surface area contributed by atoms with Gasteiger partial charge in [0, 0.05) is 17.7 Å². The predicted octanol–water partition coefficient (Wildman–Crippen LogP) is 5.08. The minimum absolute atomic E-state index is 0.0175. The van der Waals surface area contributed by atoms with Gasteiger partial charge in [-0.2, -0.15) is 0 Å². The fraction of sp³-hybridized carbons (Fsp3) is 0. The molecule has 0 bridgehead atoms. The number of hydrogen-bond donors (Lipinski definition) is 0. The first-order chi connectivity index (χ1) is 14.0. The first-order valence-corrected chi connectivity index (χ1v) is 9.11. The SMILES string of the molecule is O=C1/C(=C\c2ccc([N+](=O)[O-])cc2)N=C(c2ccccc2Cl)N1c1ccccc1. The number of rotatable bonds is 4. The first-order valence-electron chi connectivity index (χ1n) is 8.74. The van der Waals surface area contributed by atoms with Crippen molar-refractivity contribution in [3.63, 3.8) is 0 Å². The van der Waals surface area contributed by atoms with E-state index in [2.05, 4.69) is 4.99 Å². The average Bonchev–Trinajstić information content (AvgIpc) is 3.05.